The van der Waals surface area contributed by atoms with Gasteiger partial charge in [0.15, 0.2) is 0 Å². The molecule has 0 heterocycles. The van der Waals surface area contributed by atoms with Gasteiger partial charge in [0.05, 0.1) is 11.5 Å². The number of allylic oxidation sites excluding steroid dienone is 1. The predicted octanol–water partition coefficient (Wildman–Crippen LogP) is 1.08. The minimum atomic E-state index is -0.734. The van der Waals surface area contributed by atoms with Crippen molar-refractivity contribution in [2.45, 2.75) is 18.9 Å². The topological polar surface area (TPSA) is 92.4 Å². The molecular formula is C14H15FN2O3. The summed E-state index contributed by atoms with van der Waals surface area (Å²) in [5.41, 5.74) is 5.03. The van der Waals surface area contributed by atoms with Crippen LogP contribution in [0.3, 0.4) is 0 Å². The molecule has 6 heteroatoms. The van der Waals surface area contributed by atoms with Crippen molar-refractivity contribution in [3.63, 3.8) is 0 Å². The fraction of sp³-hybridized carbons (Fsp3) is 0.286. The lowest BCUT2D eigenvalue weighted by Gasteiger charge is -2.27. The molecule has 0 bridgehead atoms. The smallest absolute Gasteiger partial charge is 0.254 e. The molecule has 1 aliphatic rings. The lowest BCUT2D eigenvalue weighted by atomic mass is 9.88. The SMILES string of the molecule is NC(=O)[C@@H]1CC=CC[C@H]1NC(=O)c1cc(O)ccc1F. The summed E-state index contributed by atoms with van der Waals surface area (Å²) in [6.07, 6.45) is 4.57. The summed E-state index contributed by atoms with van der Waals surface area (Å²) in [4.78, 5) is 23.3. The summed E-state index contributed by atoms with van der Waals surface area (Å²) in [7, 11) is 0. The van der Waals surface area contributed by atoms with Gasteiger partial charge < -0.3 is 16.2 Å². The van der Waals surface area contributed by atoms with Crippen LogP contribution in [0.1, 0.15) is 23.2 Å². The number of hydrogen-bond acceptors (Lipinski definition) is 3. The van der Waals surface area contributed by atoms with Crippen LogP contribution in [0.15, 0.2) is 30.4 Å². The molecule has 0 unspecified atom stereocenters. The Hall–Kier alpha value is -2.37. The molecule has 0 saturated heterocycles. The van der Waals surface area contributed by atoms with E-state index in [1.165, 1.54) is 0 Å². The Morgan fingerprint density at radius 2 is 2.00 bits per heavy atom. The largest absolute Gasteiger partial charge is 0.508 e. The molecular weight excluding hydrogens is 263 g/mol. The number of hydrogen-bond donors (Lipinski definition) is 3. The fourth-order valence-electron chi connectivity index (χ4n) is 2.22. The maximum absolute atomic E-state index is 13.6. The van der Waals surface area contributed by atoms with Crippen LogP contribution in [-0.4, -0.2) is 23.0 Å². The molecule has 1 aromatic rings. The molecule has 0 spiro atoms. The Balaban J connectivity index is 2.16. The van der Waals surface area contributed by atoms with Gasteiger partial charge in [-0.05, 0) is 31.0 Å². The standard InChI is InChI=1S/C14H15FN2O3/c15-11-6-5-8(18)7-10(11)14(20)17-12-4-2-1-3-9(12)13(16)19/h1-2,5-7,9,12,18H,3-4H2,(H2,16,19)(H,17,20)/t9-,12-/m1/s1. The van der Waals surface area contributed by atoms with Crippen molar-refractivity contribution >= 4 is 11.8 Å². The monoisotopic (exact) mass is 278 g/mol. The second-order valence-corrected chi connectivity index (χ2v) is 4.70. The maximum Gasteiger partial charge on any atom is 0.254 e. The van der Waals surface area contributed by atoms with Gasteiger partial charge in [-0.1, -0.05) is 12.2 Å². The average Bonchev–Trinajstić information content (AvgIpc) is 2.41. The van der Waals surface area contributed by atoms with E-state index in [2.05, 4.69) is 5.32 Å². The molecule has 5 nitrogen and oxygen atoms in total. The Labute approximate surface area is 115 Å². The number of phenols is 1. The first-order valence-electron chi connectivity index (χ1n) is 6.22. The average molecular weight is 278 g/mol. The van der Waals surface area contributed by atoms with E-state index in [9.17, 15) is 19.1 Å². The number of aromatic hydroxyl groups is 1. The van der Waals surface area contributed by atoms with Gasteiger partial charge >= 0.3 is 0 Å². The first-order chi connectivity index (χ1) is 9.49. The second-order valence-electron chi connectivity index (χ2n) is 4.70. The van der Waals surface area contributed by atoms with E-state index < -0.39 is 29.6 Å². The van der Waals surface area contributed by atoms with Crippen molar-refractivity contribution in [3.8, 4) is 5.75 Å². The number of rotatable bonds is 3. The number of amides is 2. The molecule has 1 aromatic carbocycles. The summed E-state index contributed by atoms with van der Waals surface area (Å²) in [5, 5.41) is 11.9. The van der Waals surface area contributed by atoms with Crippen LogP contribution in [-0.2, 0) is 4.79 Å². The Bertz CT molecular complexity index is 572. The van der Waals surface area contributed by atoms with Gasteiger partial charge in [-0.2, -0.15) is 0 Å². The van der Waals surface area contributed by atoms with Crippen LogP contribution >= 0.6 is 0 Å². The van der Waals surface area contributed by atoms with Crippen LogP contribution in [0.2, 0.25) is 0 Å². The number of carbonyl (C=O) groups excluding carboxylic acids is 2. The van der Waals surface area contributed by atoms with Gasteiger partial charge in [0, 0.05) is 6.04 Å². The van der Waals surface area contributed by atoms with Crippen LogP contribution in [0, 0.1) is 11.7 Å². The molecule has 2 amide bonds. The number of halogens is 1. The number of phenolic OH excluding ortho intramolecular Hbond substituents is 1. The molecule has 0 aliphatic heterocycles. The maximum atomic E-state index is 13.6. The van der Waals surface area contributed by atoms with Gasteiger partial charge in [0.25, 0.3) is 5.91 Å². The molecule has 4 N–H and O–H groups in total. The highest BCUT2D eigenvalue weighted by atomic mass is 19.1. The second kappa shape index (κ2) is 5.73. The quantitative estimate of drug-likeness (QED) is 0.722. The van der Waals surface area contributed by atoms with Crippen LogP contribution in [0.5, 0.6) is 5.75 Å². The molecule has 2 rings (SSSR count). The van der Waals surface area contributed by atoms with Gasteiger partial charge in [-0.15, -0.1) is 0 Å². The third-order valence-electron chi connectivity index (χ3n) is 3.31. The number of nitrogens with one attached hydrogen (secondary N) is 1. The van der Waals surface area contributed by atoms with E-state index in [1.54, 1.807) is 0 Å². The van der Waals surface area contributed by atoms with Crippen molar-refractivity contribution in [1.29, 1.82) is 0 Å². The first kappa shape index (κ1) is 14.0. The van der Waals surface area contributed by atoms with Gasteiger partial charge in [0.1, 0.15) is 11.6 Å². The van der Waals surface area contributed by atoms with E-state index in [-0.39, 0.29) is 11.3 Å². The van der Waals surface area contributed by atoms with Crippen LogP contribution in [0.4, 0.5) is 4.39 Å². The van der Waals surface area contributed by atoms with E-state index in [0.29, 0.717) is 12.8 Å². The number of benzene rings is 1. The first-order valence-corrected chi connectivity index (χ1v) is 6.22. The van der Waals surface area contributed by atoms with Crippen molar-refractivity contribution < 1.29 is 19.1 Å². The summed E-state index contributed by atoms with van der Waals surface area (Å²) in [5.74, 6) is -2.63. The molecule has 0 aromatic heterocycles. The lowest BCUT2D eigenvalue weighted by molar-refractivity contribution is -0.122. The highest BCUT2D eigenvalue weighted by molar-refractivity contribution is 5.95. The Morgan fingerprint density at radius 1 is 1.30 bits per heavy atom. The van der Waals surface area contributed by atoms with Crippen molar-refractivity contribution in [3.05, 3.63) is 41.7 Å². The number of primary amides is 1. The minimum Gasteiger partial charge on any atom is -0.508 e. The zero-order valence-corrected chi connectivity index (χ0v) is 10.7. The minimum absolute atomic E-state index is 0.202. The molecule has 0 radical (unpaired) electrons. The molecule has 0 fully saturated rings. The zero-order valence-electron chi connectivity index (χ0n) is 10.7. The predicted molar refractivity (Wildman–Crippen MR) is 70.4 cm³/mol. The number of nitrogens with two attached hydrogens (primary N) is 1. The summed E-state index contributed by atoms with van der Waals surface area (Å²) in [6, 6.07) is 2.74. The van der Waals surface area contributed by atoms with Gasteiger partial charge in [-0.3, -0.25) is 9.59 Å². The van der Waals surface area contributed by atoms with E-state index in [0.717, 1.165) is 18.2 Å². The van der Waals surface area contributed by atoms with Gasteiger partial charge in [-0.25, -0.2) is 4.39 Å². The van der Waals surface area contributed by atoms with Crippen molar-refractivity contribution in [1.82, 2.24) is 5.32 Å². The van der Waals surface area contributed by atoms with E-state index in [4.69, 9.17) is 5.73 Å². The third-order valence-corrected chi connectivity index (χ3v) is 3.31. The number of carbonyl (C=O) groups is 2. The summed E-state index contributed by atoms with van der Waals surface area (Å²) < 4.78 is 13.6. The zero-order chi connectivity index (χ0) is 14.7. The van der Waals surface area contributed by atoms with Crippen LogP contribution < -0.4 is 11.1 Å². The van der Waals surface area contributed by atoms with Crippen molar-refractivity contribution in [2.24, 2.45) is 11.7 Å². The van der Waals surface area contributed by atoms with Crippen LogP contribution in [0.25, 0.3) is 0 Å². The molecule has 20 heavy (non-hydrogen) atoms. The normalized spacial score (nSPS) is 21.4. The molecule has 2 atom stereocenters. The molecule has 1 aliphatic carbocycles. The lowest BCUT2D eigenvalue weighted by Crippen LogP contribution is -2.46. The van der Waals surface area contributed by atoms with Gasteiger partial charge in [0.2, 0.25) is 5.91 Å². The van der Waals surface area contributed by atoms with Crippen molar-refractivity contribution in [2.75, 3.05) is 0 Å². The molecule has 106 valence electrons. The third kappa shape index (κ3) is 2.96. The Kier molecular flexibility index (Phi) is 4.02. The highest BCUT2D eigenvalue weighted by Gasteiger charge is 2.29. The highest BCUT2D eigenvalue weighted by Crippen LogP contribution is 2.20. The Morgan fingerprint density at radius 3 is 2.70 bits per heavy atom. The summed E-state index contributed by atoms with van der Waals surface area (Å²) >= 11 is 0. The summed E-state index contributed by atoms with van der Waals surface area (Å²) in [6.45, 7) is 0. The van der Waals surface area contributed by atoms with E-state index >= 15 is 0 Å². The molecule has 0 saturated carbocycles. The van der Waals surface area contributed by atoms with E-state index in [1.807, 2.05) is 12.2 Å². The fourth-order valence-corrected chi connectivity index (χ4v) is 2.22.